The normalized spacial score (nSPS) is 12.1. The first-order chi connectivity index (χ1) is 19.9. The molecule has 0 aliphatic heterocycles. The molecule has 0 saturated carbocycles. The molecule has 2 amide bonds. The molecule has 3 rings (SSSR count). The van der Waals surface area contributed by atoms with Gasteiger partial charge in [-0.1, -0.05) is 79.9 Å². The monoisotopic (exact) mass is 633 g/mol. The fourth-order valence-corrected chi connectivity index (χ4v) is 6.18. The highest BCUT2D eigenvalue weighted by Gasteiger charge is 2.34. The molecule has 0 aromatic heterocycles. The molecule has 0 spiro atoms. The van der Waals surface area contributed by atoms with Gasteiger partial charge in [-0.2, -0.15) is 0 Å². The maximum atomic E-state index is 14.2. The standard InChI is InChI=1S/C31H37Cl2N3O5S/c1-6-28(31(38)34-18-21(2)3)35(19-23-9-7-8-10-26(23)32)30(37)20-36(24-13-16-29(41-5)27(33)17-24)42(39,40)25-14-11-22(4)12-15-25/h7-17,21,28H,6,18-20H2,1-5H3,(H,34,38)/t28-/m0/s1. The second-order valence-electron chi connectivity index (χ2n) is 10.3. The van der Waals surface area contributed by atoms with Crippen molar-refractivity contribution in [3.05, 3.63) is 87.9 Å². The Labute approximate surface area is 258 Å². The molecule has 3 aromatic rings. The number of benzene rings is 3. The number of hydrogen-bond acceptors (Lipinski definition) is 5. The van der Waals surface area contributed by atoms with Gasteiger partial charge in [0, 0.05) is 18.1 Å². The minimum Gasteiger partial charge on any atom is -0.495 e. The van der Waals surface area contributed by atoms with E-state index in [1.165, 1.54) is 42.3 Å². The molecular formula is C31H37Cl2N3O5S. The van der Waals surface area contributed by atoms with Gasteiger partial charge in [-0.25, -0.2) is 8.42 Å². The van der Waals surface area contributed by atoms with Crippen LogP contribution in [0.25, 0.3) is 0 Å². The van der Waals surface area contributed by atoms with E-state index in [9.17, 15) is 18.0 Å². The van der Waals surface area contributed by atoms with Gasteiger partial charge in [0.15, 0.2) is 0 Å². The lowest BCUT2D eigenvalue weighted by Crippen LogP contribution is -2.52. The van der Waals surface area contributed by atoms with Gasteiger partial charge in [-0.15, -0.1) is 0 Å². The number of methoxy groups -OCH3 is 1. The molecule has 0 heterocycles. The van der Waals surface area contributed by atoms with Crippen LogP contribution in [0.4, 0.5) is 5.69 Å². The molecule has 0 aliphatic rings. The number of anilines is 1. The minimum atomic E-state index is -4.23. The van der Waals surface area contributed by atoms with Crippen LogP contribution in [-0.4, -0.2) is 51.4 Å². The molecule has 3 aromatic carbocycles. The van der Waals surface area contributed by atoms with Gasteiger partial charge in [0.1, 0.15) is 18.3 Å². The topological polar surface area (TPSA) is 96.0 Å². The molecule has 11 heteroatoms. The lowest BCUT2D eigenvalue weighted by molar-refractivity contribution is -0.140. The van der Waals surface area contributed by atoms with E-state index in [0.717, 1.165) is 9.87 Å². The minimum absolute atomic E-state index is 0.00668. The summed E-state index contributed by atoms with van der Waals surface area (Å²) in [6, 6.07) is 17.0. The van der Waals surface area contributed by atoms with E-state index in [-0.39, 0.29) is 34.0 Å². The number of amides is 2. The van der Waals surface area contributed by atoms with Crippen LogP contribution in [-0.2, 0) is 26.2 Å². The Balaban J connectivity index is 2.09. The summed E-state index contributed by atoms with van der Waals surface area (Å²) in [5.74, 6) is -0.349. The first kappa shape index (κ1) is 33.2. The number of ether oxygens (including phenoxy) is 1. The fourth-order valence-electron chi connectivity index (χ4n) is 4.33. The quantitative estimate of drug-likeness (QED) is 0.246. The number of carbonyl (C=O) groups is 2. The highest BCUT2D eigenvalue weighted by atomic mass is 35.5. The van der Waals surface area contributed by atoms with Crippen LogP contribution >= 0.6 is 23.2 Å². The molecule has 0 aliphatic carbocycles. The van der Waals surface area contributed by atoms with E-state index >= 15 is 0 Å². The van der Waals surface area contributed by atoms with Crippen molar-refractivity contribution < 1.29 is 22.7 Å². The van der Waals surface area contributed by atoms with E-state index in [1.807, 2.05) is 20.8 Å². The van der Waals surface area contributed by atoms with Gasteiger partial charge < -0.3 is 15.0 Å². The summed E-state index contributed by atoms with van der Waals surface area (Å²) in [5.41, 5.74) is 1.68. The summed E-state index contributed by atoms with van der Waals surface area (Å²) in [7, 11) is -2.78. The predicted octanol–water partition coefficient (Wildman–Crippen LogP) is 6.09. The number of halogens is 2. The number of carbonyl (C=O) groups excluding carboxylic acids is 2. The number of nitrogens with one attached hydrogen (secondary N) is 1. The van der Waals surface area contributed by atoms with Crippen LogP contribution in [0.2, 0.25) is 10.0 Å². The van der Waals surface area contributed by atoms with Crippen LogP contribution in [0.5, 0.6) is 5.75 Å². The van der Waals surface area contributed by atoms with Crippen molar-refractivity contribution in [2.45, 2.75) is 51.6 Å². The van der Waals surface area contributed by atoms with Crippen molar-refractivity contribution in [1.29, 1.82) is 0 Å². The van der Waals surface area contributed by atoms with Crippen LogP contribution in [0.15, 0.2) is 71.6 Å². The van der Waals surface area contributed by atoms with E-state index < -0.39 is 28.5 Å². The average molecular weight is 635 g/mol. The zero-order valence-corrected chi connectivity index (χ0v) is 26.8. The van der Waals surface area contributed by atoms with Gasteiger partial charge in [-0.05, 0) is 61.2 Å². The lowest BCUT2D eigenvalue weighted by Gasteiger charge is -2.33. The summed E-state index contributed by atoms with van der Waals surface area (Å²) >= 11 is 12.8. The van der Waals surface area contributed by atoms with Gasteiger partial charge in [0.05, 0.1) is 22.7 Å². The zero-order valence-electron chi connectivity index (χ0n) is 24.4. The maximum Gasteiger partial charge on any atom is 0.264 e. The zero-order chi connectivity index (χ0) is 31.0. The lowest BCUT2D eigenvalue weighted by atomic mass is 10.1. The molecule has 0 fully saturated rings. The summed E-state index contributed by atoms with van der Waals surface area (Å²) in [4.78, 5) is 28.9. The van der Waals surface area contributed by atoms with Crippen molar-refractivity contribution in [2.24, 2.45) is 5.92 Å². The van der Waals surface area contributed by atoms with Crippen LogP contribution in [0.3, 0.4) is 0 Å². The predicted molar refractivity (Wildman–Crippen MR) is 168 cm³/mol. The number of rotatable bonds is 13. The van der Waals surface area contributed by atoms with Crippen LogP contribution in [0.1, 0.15) is 38.3 Å². The largest absolute Gasteiger partial charge is 0.495 e. The third kappa shape index (κ3) is 8.18. The maximum absolute atomic E-state index is 14.2. The third-order valence-corrected chi connectivity index (χ3v) is 9.13. The van der Waals surface area contributed by atoms with Crippen molar-refractivity contribution in [2.75, 3.05) is 24.5 Å². The molecule has 8 nitrogen and oxygen atoms in total. The van der Waals surface area contributed by atoms with Gasteiger partial charge in [0.25, 0.3) is 10.0 Å². The number of sulfonamides is 1. The average Bonchev–Trinajstić information content (AvgIpc) is 2.95. The Morgan fingerprint density at radius 3 is 2.21 bits per heavy atom. The Morgan fingerprint density at radius 2 is 1.64 bits per heavy atom. The van der Waals surface area contributed by atoms with E-state index in [0.29, 0.717) is 29.3 Å². The van der Waals surface area contributed by atoms with Crippen LogP contribution in [0, 0.1) is 12.8 Å². The van der Waals surface area contributed by atoms with Crippen LogP contribution < -0.4 is 14.4 Å². The van der Waals surface area contributed by atoms with Gasteiger partial charge in [-0.3, -0.25) is 13.9 Å². The molecular weight excluding hydrogens is 597 g/mol. The summed E-state index contributed by atoms with van der Waals surface area (Å²) in [6.45, 7) is 7.45. The van der Waals surface area contributed by atoms with Gasteiger partial charge in [0.2, 0.25) is 11.8 Å². The molecule has 0 radical (unpaired) electrons. The van der Waals surface area contributed by atoms with Crippen molar-refractivity contribution in [3.63, 3.8) is 0 Å². The fraction of sp³-hybridized carbons (Fsp3) is 0.355. The highest BCUT2D eigenvalue weighted by Crippen LogP contribution is 2.32. The molecule has 0 unspecified atom stereocenters. The number of nitrogens with zero attached hydrogens (tertiary/aromatic N) is 2. The molecule has 0 saturated heterocycles. The number of hydrogen-bond donors (Lipinski definition) is 1. The van der Waals surface area contributed by atoms with E-state index in [2.05, 4.69) is 5.32 Å². The smallest absolute Gasteiger partial charge is 0.264 e. The van der Waals surface area contributed by atoms with Crippen molar-refractivity contribution in [1.82, 2.24) is 10.2 Å². The Bertz CT molecular complexity index is 1500. The van der Waals surface area contributed by atoms with Crippen molar-refractivity contribution >= 4 is 50.7 Å². The first-order valence-corrected chi connectivity index (χ1v) is 15.8. The molecule has 1 atom stereocenters. The highest BCUT2D eigenvalue weighted by molar-refractivity contribution is 7.92. The Morgan fingerprint density at radius 1 is 0.976 bits per heavy atom. The second kappa shape index (κ2) is 14.8. The van der Waals surface area contributed by atoms with E-state index in [4.69, 9.17) is 27.9 Å². The first-order valence-electron chi connectivity index (χ1n) is 13.6. The summed E-state index contributed by atoms with van der Waals surface area (Å²) in [6.07, 6.45) is 0.305. The third-order valence-electron chi connectivity index (χ3n) is 6.68. The summed E-state index contributed by atoms with van der Waals surface area (Å²) in [5, 5.41) is 3.52. The summed E-state index contributed by atoms with van der Waals surface area (Å²) < 4.78 is 34.3. The Kier molecular flexibility index (Phi) is 11.7. The molecule has 1 N–H and O–H groups in total. The van der Waals surface area contributed by atoms with E-state index in [1.54, 1.807) is 43.3 Å². The molecule has 0 bridgehead atoms. The molecule has 42 heavy (non-hydrogen) atoms. The molecule has 226 valence electrons. The Hall–Kier alpha value is -3.27. The second-order valence-corrected chi connectivity index (χ2v) is 13.0. The van der Waals surface area contributed by atoms with Crippen molar-refractivity contribution in [3.8, 4) is 5.75 Å². The number of aryl methyl sites for hydroxylation is 1. The SMILES string of the molecule is CC[C@@H](C(=O)NCC(C)C)N(Cc1ccccc1Cl)C(=O)CN(c1ccc(OC)c(Cl)c1)S(=O)(=O)c1ccc(C)cc1. The van der Waals surface area contributed by atoms with Gasteiger partial charge >= 0.3 is 0 Å².